The highest BCUT2D eigenvalue weighted by Gasteiger charge is 2.38. The van der Waals surface area contributed by atoms with Gasteiger partial charge in [0.15, 0.2) is 0 Å². The summed E-state index contributed by atoms with van der Waals surface area (Å²) in [6.45, 7) is 2.03. The largest absolute Gasteiger partial charge is 0.299 e. The van der Waals surface area contributed by atoms with Crippen molar-refractivity contribution in [2.75, 3.05) is 6.54 Å². The highest BCUT2D eigenvalue weighted by molar-refractivity contribution is 7.18. The van der Waals surface area contributed by atoms with E-state index in [1.54, 1.807) is 11.3 Å². The lowest BCUT2D eigenvalue weighted by Crippen LogP contribution is -2.36. The Morgan fingerprint density at radius 2 is 2.14 bits per heavy atom. The maximum Gasteiger partial charge on any atom is 0.137 e. The van der Waals surface area contributed by atoms with Crippen LogP contribution < -0.4 is 0 Å². The van der Waals surface area contributed by atoms with Crippen LogP contribution in [0.25, 0.3) is 10.2 Å². The minimum atomic E-state index is 0.293. The zero-order valence-electron chi connectivity index (χ0n) is 12.1. The molecule has 0 bridgehead atoms. The van der Waals surface area contributed by atoms with Crippen molar-refractivity contribution in [2.45, 2.75) is 44.7 Å². The molecule has 21 heavy (non-hydrogen) atoms. The number of ketones is 1. The number of fused-ring (bicyclic) bond motifs is 1. The van der Waals surface area contributed by atoms with Gasteiger partial charge in [0.1, 0.15) is 10.8 Å². The Labute approximate surface area is 129 Å². The van der Waals surface area contributed by atoms with E-state index in [0.717, 1.165) is 37.9 Å². The molecule has 2 aliphatic rings. The van der Waals surface area contributed by atoms with E-state index >= 15 is 0 Å². The smallest absolute Gasteiger partial charge is 0.137 e. The molecule has 0 radical (unpaired) electrons. The first-order chi connectivity index (χ1) is 10.3. The number of carbonyl (C=O) groups is 1. The number of hydrogen-bond acceptors (Lipinski definition) is 4. The van der Waals surface area contributed by atoms with Crippen molar-refractivity contribution < 1.29 is 4.79 Å². The number of likely N-dealkylation sites (tertiary alicyclic amines) is 1. The van der Waals surface area contributed by atoms with Crippen molar-refractivity contribution >= 4 is 27.3 Å². The Morgan fingerprint density at radius 3 is 2.95 bits per heavy atom. The molecule has 1 saturated carbocycles. The molecule has 1 aromatic carbocycles. The molecular formula is C17H20N2OS. The minimum Gasteiger partial charge on any atom is -0.299 e. The zero-order chi connectivity index (χ0) is 14.2. The van der Waals surface area contributed by atoms with E-state index in [1.165, 1.54) is 22.5 Å². The molecule has 1 aromatic heterocycles. The first kappa shape index (κ1) is 13.4. The molecule has 1 aliphatic carbocycles. The molecule has 3 nitrogen and oxygen atoms in total. The fourth-order valence-electron chi connectivity index (χ4n) is 3.91. The van der Waals surface area contributed by atoms with Crippen molar-refractivity contribution in [1.82, 2.24) is 9.88 Å². The van der Waals surface area contributed by atoms with Crippen LogP contribution in [0.1, 0.15) is 37.1 Å². The summed E-state index contributed by atoms with van der Waals surface area (Å²) in [4.78, 5) is 19.3. The molecule has 0 N–H and O–H groups in total. The molecule has 1 aliphatic heterocycles. The highest BCUT2D eigenvalue weighted by Crippen LogP contribution is 2.34. The summed E-state index contributed by atoms with van der Waals surface area (Å²) in [5.74, 6) is 0.790. The van der Waals surface area contributed by atoms with Gasteiger partial charge in [0.05, 0.1) is 16.8 Å². The third kappa shape index (κ3) is 2.51. The summed E-state index contributed by atoms with van der Waals surface area (Å²) in [5, 5.41) is 1.19. The average Bonchev–Trinajstić information content (AvgIpc) is 3.17. The van der Waals surface area contributed by atoms with E-state index < -0.39 is 0 Å². The van der Waals surface area contributed by atoms with Gasteiger partial charge in [-0.15, -0.1) is 11.3 Å². The molecule has 0 amide bonds. The summed E-state index contributed by atoms with van der Waals surface area (Å²) in [6, 6.07) is 8.80. The van der Waals surface area contributed by atoms with Crippen LogP contribution in [0.4, 0.5) is 0 Å². The van der Waals surface area contributed by atoms with Gasteiger partial charge in [-0.25, -0.2) is 4.98 Å². The molecule has 2 atom stereocenters. The first-order valence-corrected chi connectivity index (χ1v) is 8.74. The lowest BCUT2D eigenvalue weighted by atomic mass is 9.95. The molecule has 2 heterocycles. The van der Waals surface area contributed by atoms with Gasteiger partial charge in [0.2, 0.25) is 0 Å². The molecule has 2 aromatic rings. The van der Waals surface area contributed by atoms with E-state index in [9.17, 15) is 4.79 Å². The monoisotopic (exact) mass is 300 g/mol. The number of carbonyl (C=O) groups excluding carboxylic acids is 1. The SMILES string of the molecule is O=C1CCCC1C1CCCN1Cc1nc2ccccc2s1. The van der Waals surface area contributed by atoms with Gasteiger partial charge < -0.3 is 0 Å². The van der Waals surface area contributed by atoms with E-state index in [0.29, 0.717) is 17.7 Å². The van der Waals surface area contributed by atoms with Crippen LogP contribution in [0.2, 0.25) is 0 Å². The zero-order valence-corrected chi connectivity index (χ0v) is 12.9. The summed E-state index contributed by atoms with van der Waals surface area (Å²) >= 11 is 1.79. The average molecular weight is 300 g/mol. The van der Waals surface area contributed by atoms with E-state index in [2.05, 4.69) is 23.1 Å². The number of aromatic nitrogens is 1. The van der Waals surface area contributed by atoms with E-state index in [-0.39, 0.29) is 0 Å². The molecule has 4 heteroatoms. The topological polar surface area (TPSA) is 33.2 Å². The van der Waals surface area contributed by atoms with Crippen molar-refractivity contribution in [3.63, 3.8) is 0 Å². The van der Waals surface area contributed by atoms with E-state index in [4.69, 9.17) is 4.98 Å². The maximum absolute atomic E-state index is 12.1. The Bertz CT molecular complexity index is 633. The number of para-hydroxylation sites is 1. The van der Waals surface area contributed by atoms with Gasteiger partial charge in [-0.1, -0.05) is 12.1 Å². The second kappa shape index (κ2) is 5.50. The second-order valence-corrected chi connectivity index (χ2v) is 7.34. The van der Waals surface area contributed by atoms with Crippen LogP contribution in [-0.4, -0.2) is 28.3 Å². The standard InChI is InChI=1S/C17H20N2OS/c20-15-8-3-5-12(15)14-7-4-10-19(14)11-17-18-13-6-1-2-9-16(13)21-17/h1-2,6,9,12,14H,3-5,7-8,10-11H2. The lowest BCUT2D eigenvalue weighted by molar-refractivity contribution is -0.122. The number of hydrogen-bond donors (Lipinski definition) is 0. The number of nitrogens with zero attached hydrogens (tertiary/aromatic N) is 2. The minimum absolute atomic E-state index is 0.293. The summed E-state index contributed by atoms with van der Waals surface area (Å²) in [6.07, 6.45) is 5.39. The van der Waals surface area contributed by atoms with Crippen LogP contribution in [0.3, 0.4) is 0 Å². The van der Waals surface area contributed by atoms with Crippen LogP contribution in [0.15, 0.2) is 24.3 Å². The predicted molar refractivity (Wildman–Crippen MR) is 85.4 cm³/mol. The Balaban J connectivity index is 1.53. The fraction of sp³-hybridized carbons (Fsp3) is 0.529. The Kier molecular flexibility index (Phi) is 3.51. The van der Waals surface area contributed by atoms with Gasteiger partial charge in [0.25, 0.3) is 0 Å². The quantitative estimate of drug-likeness (QED) is 0.868. The lowest BCUT2D eigenvalue weighted by Gasteiger charge is -2.27. The van der Waals surface area contributed by atoms with Crippen LogP contribution in [0, 0.1) is 5.92 Å². The number of rotatable bonds is 3. The van der Waals surface area contributed by atoms with Gasteiger partial charge in [0, 0.05) is 18.4 Å². The Hall–Kier alpha value is -1.26. The summed E-state index contributed by atoms with van der Waals surface area (Å²) in [7, 11) is 0. The molecule has 110 valence electrons. The van der Waals surface area contributed by atoms with Crippen LogP contribution in [-0.2, 0) is 11.3 Å². The van der Waals surface area contributed by atoms with Crippen molar-refractivity contribution in [3.8, 4) is 0 Å². The molecule has 2 unspecified atom stereocenters. The number of benzene rings is 1. The third-order valence-electron chi connectivity index (χ3n) is 4.91. The first-order valence-electron chi connectivity index (χ1n) is 7.92. The Morgan fingerprint density at radius 1 is 1.24 bits per heavy atom. The normalized spacial score (nSPS) is 27.0. The molecular weight excluding hydrogens is 280 g/mol. The molecule has 0 spiro atoms. The third-order valence-corrected chi connectivity index (χ3v) is 5.93. The van der Waals surface area contributed by atoms with Crippen molar-refractivity contribution in [3.05, 3.63) is 29.3 Å². The summed E-state index contributed by atoms with van der Waals surface area (Å²) < 4.78 is 1.26. The predicted octanol–water partition coefficient (Wildman–Crippen LogP) is 3.63. The molecule has 2 fully saturated rings. The van der Waals surface area contributed by atoms with Gasteiger partial charge in [-0.3, -0.25) is 9.69 Å². The van der Waals surface area contributed by atoms with Crippen LogP contribution >= 0.6 is 11.3 Å². The van der Waals surface area contributed by atoms with Crippen molar-refractivity contribution in [2.24, 2.45) is 5.92 Å². The summed E-state index contributed by atoms with van der Waals surface area (Å²) in [5.41, 5.74) is 1.10. The number of Topliss-reactive ketones (excluding diaryl/α,β-unsaturated/α-hetero) is 1. The van der Waals surface area contributed by atoms with Crippen LogP contribution in [0.5, 0.6) is 0 Å². The second-order valence-electron chi connectivity index (χ2n) is 6.22. The van der Waals surface area contributed by atoms with Gasteiger partial charge in [-0.05, 0) is 44.4 Å². The number of thiazole rings is 1. The molecule has 1 saturated heterocycles. The fourth-order valence-corrected chi connectivity index (χ4v) is 4.91. The van der Waals surface area contributed by atoms with Gasteiger partial charge in [-0.2, -0.15) is 0 Å². The van der Waals surface area contributed by atoms with Crippen molar-refractivity contribution in [1.29, 1.82) is 0 Å². The highest BCUT2D eigenvalue weighted by atomic mass is 32.1. The molecule has 4 rings (SSSR count). The van der Waals surface area contributed by atoms with Gasteiger partial charge >= 0.3 is 0 Å². The maximum atomic E-state index is 12.1. The van der Waals surface area contributed by atoms with E-state index in [1.807, 2.05) is 6.07 Å².